The van der Waals surface area contributed by atoms with Crippen molar-refractivity contribution in [2.24, 2.45) is 11.1 Å². The Morgan fingerprint density at radius 2 is 1.96 bits per heavy atom. The smallest absolute Gasteiger partial charge is 0.230 e. The molecule has 1 atom stereocenters. The molecule has 0 aliphatic carbocycles. The van der Waals surface area contributed by atoms with Gasteiger partial charge in [0.25, 0.3) is 0 Å². The van der Waals surface area contributed by atoms with Crippen LogP contribution in [0.25, 0.3) is 0 Å². The number of rotatable bonds is 6. The number of carbonyl (C=O) groups excluding carboxylic acids is 1. The lowest BCUT2D eigenvalue weighted by molar-refractivity contribution is -0.150. The van der Waals surface area contributed by atoms with E-state index >= 15 is 0 Å². The summed E-state index contributed by atoms with van der Waals surface area (Å²) in [6, 6.07) is 0.419. The van der Waals surface area contributed by atoms with Gasteiger partial charge in [-0.3, -0.25) is 9.69 Å². The van der Waals surface area contributed by atoms with Crippen molar-refractivity contribution in [1.29, 1.82) is 0 Å². The fourth-order valence-corrected chi connectivity index (χ4v) is 3.57. The largest absolute Gasteiger partial charge is 0.383 e. The lowest BCUT2D eigenvalue weighted by Gasteiger charge is -2.45. The Hall–Kier alpha value is -0.110. The highest BCUT2D eigenvalue weighted by Crippen LogP contribution is 2.32. The molecule has 144 valence electrons. The molecule has 0 aromatic heterocycles. The van der Waals surface area contributed by atoms with Crippen LogP contribution in [0, 0.1) is 5.41 Å². The molecule has 2 saturated heterocycles. The van der Waals surface area contributed by atoms with Crippen LogP contribution < -0.4 is 5.73 Å². The number of piperazine rings is 1. The number of nitrogens with zero attached hydrogens (tertiary/aromatic N) is 2. The van der Waals surface area contributed by atoms with Gasteiger partial charge < -0.3 is 20.1 Å². The molecular formula is C16H33Cl2N3O3. The van der Waals surface area contributed by atoms with Crippen molar-refractivity contribution < 1.29 is 14.3 Å². The fraction of sp³-hybridized carbons (Fsp3) is 0.938. The van der Waals surface area contributed by atoms with E-state index in [9.17, 15) is 4.79 Å². The minimum absolute atomic E-state index is 0. The highest BCUT2D eigenvalue weighted by molar-refractivity contribution is 5.85. The van der Waals surface area contributed by atoms with Gasteiger partial charge in [-0.15, -0.1) is 24.8 Å². The molecule has 2 rings (SSSR count). The average molecular weight is 386 g/mol. The first-order valence-corrected chi connectivity index (χ1v) is 8.47. The summed E-state index contributed by atoms with van der Waals surface area (Å²) in [7, 11) is 1.73. The van der Waals surface area contributed by atoms with Crippen molar-refractivity contribution >= 4 is 30.7 Å². The summed E-state index contributed by atoms with van der Waals surface area (Å²) in [4.78, 5) is 17.5. The highest BCUT2D eigenvalue weighted by atomic mass is 35.5. The van der Waals surface area contributed by atoms with E-state index in [-0.39, 0.29) is 30.7 Å². The van der Waals surface area contributed by atoms with Gasteiger partial charge in [-0.2, -0.15) is 0 Å². The first-order valence-electron chi connectivity index (χ1n) is 8.47. The molecule has 1 unspecified atom stereocenters. The molecule has 2 N–H and O–H groups in total. The van der Waals surface area contributed by atoms with E-state index in [0.29, 0.717) is 25.8 Å². The maximum absolute atomic E-state index is 13.0. The molecule has 2 aliphatic rings. The van der Waals surface area contributed by atoms with Gasteiger partial charge in [0.15, 0.2) is 0 Å². The van der Waals surface area contributed by atoms with Gasteiger partial charge in [0.2, 0.25) is 5.91 Å². The van der Waals surface area contributed by atoms with Crippen molar-refractivity contribution in [2.45, 2.75) is 32.2 Å². The molecule has 2 fully saturated rings. The SMILES string of the molecule is CCC1CN(C(=O)C2(CN)CCOCC2)CCN1CCOC.Cl.Cl. The molecule has 1 amide bonds. The number of methoxy groups -OCH3 is 1. The maximum Gasteiger partial charge on any atom is 0.230 e. The van der Waals surface area contributed by atoms with E-state index in [1.54, 1.807) is 7.11 Å². The number of hydrogen-bond donors (Lipinski definition) is 1. The predicted octanol–water partition coefficient (Wildman–Crippen LogP) is 1.15. The molecule has 0 aromatic carbocycles. The third kappa shape index (κ3) is 5.44. The van der Waals surface area contributed by atoms with Crippen LogP contribution in [0.3, 0.4) is 0 Å². The van der Waals surface area contributed by atoms with E-state index in [2.05, 4.69) is 11.8 Å². The summed E-state index contributed by atoms with van der Waals surface area (Å²) in [6.45, 7) is 8.11. The molecule has 2 aliphatic heterocycles. The topological polar surface area (TPSA) is 68.0 Å². The van der Waals surface area contributed by atoms with Gasteiger partial charge in [0.05, 0.1) is 12.0 Å². The molecule has 6 nitrogen and oxygen atoms in total. The zero-order valence-electron chi connectivity index (χ0n) is 14.9. The molecule has 8 heteroatoms. The Morgan fingerprint density at radius 3 is 2.50 bits per heavy atom. The van der Waals surface area contributed by atoms with Gasteiger partial charge in [-0.1, -0.05) is 6.92 Å². The quantitative estimate of drug-likeness (QED) is 0.742. The average Bonchev–Trinajstić information content (AvgIpc) is 2.59. The first-order chi connectivity index (χ1) is 10.7. The van der Waals surface area contributed by atoms with Crippen LogP contribution in [0.2, 0.25) is 0 Å². The van der Waals surface area contributed by atoms with Gasteiger partial charge in [-0.25, -0.2) is 0 Å². The summed E-state index contributed by atoms with van der Waals surface area (Å²) in [5.74, 6) is 0.239. The second-order valence-electron chi connectivity index (χ2n) is 6.44. The Bertz CT molecular complexity index is 368. The number of ether oxygens (including phenoxy) is 2. The summed E-state index contributed by atoms with van der Waals surface area (Å²) >= 11 is 0. The molecule has 2 heterocycles. The Labute approximate surface area is 158 Å². The normalized spacial score (nSPS) is 24.0. The van der Waals surface area contributed by atoms with Crippen molar-refractivity contribution in [2.75, 3.05) is 59.7 Å². The minimum atomic E-state index is -0.398. The summed E-state index contributed by atoms with van der Waals surface area (Å²) in [5.41, 5.74) is 5.58. The molecule has 0 radical (unpaired) electrons. The van der Waals surface area contributed by atoms with Crippen molar-refractivity contribution in [3.05, 3.63) is 0 Å². The van der Waals surface area contributed by atoms with E-state index in [1.165, 1.54) is 0 Å². The maximum atomic E-state index is 13.0. The molecule has 0 aromatic rings. The van der Waals surface area contributed by atoms with Crippen LogP contribution in [-0.2, 0) is 14.3 Å². The third-order valence-corrected chi connectivity index (χ3v) is 5.24. The fourth-order valence-electron chi connectivity index (χ4n) is 3.57. The van der Waals surface area contributed by atoms with Gasteiger partial charge >= 0.3 is 0 Å². The van der Waals surface area contributed by atoms with Crippen molar-refractivity contribution in [3.8, 4) is 0 Å². The van der Waals surface area contributed by atoms with E-state index in [1.807, 2.05) is 4.90 Å². The molecule has 0 bridgehead atoms. The second-order valence-corrected chi connectivity index (χ2v) is 6.44. The van der Waals surface area contributed by atoms with Crippen LogP contribution in [0.15, 0.2) is 0 Å². The highest BCUT2D eigenvalue weighted by Gasteiger charge is 2.43. The van der Waals surface area contributed by atoms with Crippen molar-refractivity contribution in [1.82, 2.24) is 9.80 Å². The number of amides is 1. The Kier molecular flexibility index (Phi) is 11.4. The predicted molar refractivity (Wildman–Crippen MR) is 100 cm³/mol. The third-order valence-electron chi connectivity index (χ3n) is 5.24. The second kappa shape index (κ2) is 11.5. The summed E-state index contributed by atoms with van der Waals surface area (Å²) in [5, 5.41) is 0. The van der Waals surface area contributed by atoms with E-state index in [4.69, 9.17) is 15.2 Å². The van der Waals surface area contributed by atoms with Crippen molar-refractivity contribution in [3.63, 3.8) is 0 Å². The number of nitrogens with two attached hydrogens (primary N) is 1. The molecule has 24 heavy (non-hydrogen) atoms. The standard InChI is InChI=1S/C16H31N3O3.2ClH/c1-3-14-12-19(7-6-18(14)8-11-21-2)15(20)16(13-17)4-9-22-10-5-16;;/h14H,3-13,17H2,1-2H3;2*1H. The number of halogens is 2. The van der Waals surface area contributed by atoms with E-state index in [0.717, 1.165) is 52.0 Å². The molecule has 0 spiro atoms. The number of carbonyl (C=O) groups is 1. The van der Waals surface area contributed by atoms with Gasteiger partial charge in [-0.05, 0) is 19.3 Å². The van der Waals surface area contributed by atoms with Crippen LogP contribution in [0.4, 0.5) is 0 Å². The van der Waals surface area contributed by atoms with Crippen LogP contribution in [0.1, 0.15) is 26.2 Å². The lowest BCUT2D eigenvalue weighted by Crippen LogP contribution is -2.59. The minimum Gasteiger partial charge on any atom is -0.383 e. The zero-order valence-corrected chi connectivity index (χ0v) is 16.5. The Morgan fingerprint density at radius 1 is 1.29 bits per heavy atom. The lowest BCUT2D eigenvalue weighted by atomic mass is 9.78. The Balaban J connectivity index is 0.00000264. The van der Waals surface area contributed by atoms with Crippen LogP contribution in [-0.4, -0.2) is 81.4 Å². The molecular weight excluding hydrogens is 353 g/mol. The molecule has 0 saturated carbocycles. The van der Waals surface area contributed by atoms with Crippen LogP contribution >= 0.6 is 24.8 Å². The van der Waals surface area contributed by atoms with Gasteiger partial charge in [0, 0.05) is 59.1 Å². The number of hydrogen-bond acceptors (Lipinski definition) is 5. The summed E-state index contributed by atoms with van der Waals surface area (Å²) < 4.78 is 10.6. The van der Waals surface area contributed by atoms with E-state index < -0.39 is 5.41 Å². The van der Waals surface area contributed by atoms with Gasteiger partial charge in [0.1, 0.15) is 0 Å². The first kappa shape index (κ1) is 23.9. The van der Waals surface area contributed by atoms with Crippen LogP contribution in [0.5, 0.6) is 0 Å². The monoisotopic (exact) mass is 385 g/mol. The summed E-state index contributed by atoms with van der Waals surface area (Å²) in [6.07, 6.45) is 2.55. The zero-order chi connectivity index (χ0) is 16.0.